The van der Waals surface area contributed by atoms with Crippen LogP contribution >= 0.6 is 11.8 Å². The van der Waals surface area contributed by atoms with E-state index in [9.17, 15) is 18.6 Å². The quantitative estimate of drug-likeness (QED) is 0.0599. The first kappa shape index (κ1) is 43.8. The van der Waals surface area contributed by atoms with Crippen molar-refractivity contribution in [2.75, 3.05) is 19.2 Å². The topological polar surface area (TPSA) is 120 Å². The maximum absolute atomic E-state index is 13.6. The van der Waals surface area contributed by atoms with Gasteiger partial charge in [0.25, 0.3) is 5.91 Å². The lowest BCUT2D eigenvalue weighted by atomic mass is 9.95. The third-order valence-corrected chi connectivity index (χ3v) is 14.0. The van der Waals surface area contributed by atoms with Crippen molar-refractivity contribution in [3.8, 4) is 17.2 Å². The van der Waals surface area contributed by atoms with Crippen LogP contribution in [0.5, 0.6) is 17.2 Å². The number of para-hydroxylation sites is 1. The molecule has 1 N–H and O–H groups in total. The van der Waals surface area contributed by atoms with E-state index in [1.807, 2.05) is 111 Å². The Labute approximate surface area is 355 Å². The fourth-order valence-corrected chi connectivity index (χ4v) is 10.4. The molecule has 0 aromatic heterocycles. The molecular formula is C47H56N2O8S2. The van der Waals surface area contributed by atoms with Gasteiger partial charge in [-0.2, -0.15) is 0 Å². The highest BCUT2D eigenvalue weighted by atomic mass is 32.2. The van der Waals surface area contributed by atoms with Gasteiger partial charge in [0.15, 0.2) is 24.2 Å². The SMILES string of the molecule is CC1(C)S[C@@H]2C(NC(=O)COc3ccccc3)C(=O)N2[C@H]1C(=O)OC(c1ccccc1)c1ccccc1.CCCCCCCCS(=O)C(C)Cc1ccc2c(c1)OCO2. The van der Waals surface area contributed by atoms with E-state index in [1.54, 1.807) is 17.0 Å². The molecule has 12 heteroatoms. The second-order valence-corrected chi connectivity index (χ2v) is 19.3. The number of nitrogens with one attached hydrogen (secondary N) is 1. The summed E-state index contributed by atoms with van der Waals surface area (Å²) in [5, 5.41) is 2.61. The summed E-state index contributed by atoms with van der Waals surface area (Å²) in [4.78, 5) is 40.8. The molecule has 4 aromatic rings. The average Bonchev–Trinajstić information content (AvgIpc) is 3.83. The van der Waals surface area contributed by atoms with E-state index in [2.05, 4.69) is 19.2 Å². The summed E-state index contributed by atoms with van der Waals surface area (Å²) in [5.74, 6) is 1.87. The van der Waals surface area contributed by atoms with Gasteiger partial charge in [0, 0.05) is 26.5 Å². The Hall–Kier alpha value is -4.81. The van der Waals surface area contributed by atoms with Crippen LogP contribution in [0.2, 0.25) is 0 Å². The molecule has 59 heavy (non-hydrogen) atoms. The second kappa shape index (κ2) is 20.9. The molecule has 0 bridgehead atoms. The monoisotopic (exact) mass is 840 g/mol. The molecule has 5 atom stereocenters. The van der Waals surface area contributed by atoms with Crippen molar-refractivity contribution < 1.29 is 37.5 Å². The molecule has 0 aliphatic carbocycles. The molecule has 2 saturated heterocycles. The number of amides is 2. The Bertz CT molecular complexity index is 1980. The number of rotatable bonds is 18. The molecule has 10 nitrogen and oxygen atoms in total. The van der Waals surface area contributed by atoms with Crippen LogP contribution in [0.15, 0.2) is 109 Å². The summed E-state index contributed by atoms with van der Waals surface area (Å²) in [6, 6.07) is 32.6. The normalized spacial score (nSPS) is 19.4. The number of carbonyl (C=O) groups is 3. The van der Waals surface area contributed by atoms with E-state index in [1.165, 1.54) is 49.4 Å². The van der Waals surface area contributed by atoms with Gasteiger partial charge in [0.1, 0.15) is 23.2 Å². The zero-order chi connectivity index (χ0) is 41.8. The first-order chi connectivity index (χ1) is 28.6. The smallest absolute Gasteiger partial charge is 0.331 e. The summed E-state index contributed by atoms with van der Waals surface area (Å²) in [6.07, 6.45) is 7.72. The molecule has 2 fully saturated rings. The molecule has 4 aromatic carbocycles. The van der Waals surface area contributed by atoms with Gasteiger partial charge in [-0.05, 0) is 67.6 Å². The number of unbranched alkanes of at least 4 members (excludes halogenated alkanes) is 5. The molecule has 3 aliphatic rings. The Kier molecular flexibility index (Phi) is 15.5. The Balaban J connectivity index is 0.000000227. The van der Waals surface area contributed by atoms with Crippen molar-refractivity contribution in [3.05, 3.63) is 126 Å². The molecule has 0 spiro atoms. The van der Waals surface area contributed by atoms with Crippen LogP contribution < -0.4 is 19.5 Å². The van der Waals surface area contributed by atoms with Crippen molar-refractivity contribution in [2.24, 2.45) is 0 Å². The first-order valence-electron chi connectivity index (χ1n) is 20.6. The van der Waals surface area contributed by atoms with Gasteiger partial charge in [-0.3, -0.25) is 13.8 Å². The number of β-lactam (4-membered cyclic amide) rings is 1. The van der Waals surface area contributed by atoms with Gasteiger partial charge >= 0.3 is 5.97 Å². The average molecular weight is 841 g/mol. The fourth-order valence-electron chi connectivity index (χ4n) is 7.49. The van der Waals surface area contributed by atoms with E-state index < -0.39 is 39.7 Å². The summed E-state index contributed by atoms with van der Waals surface area (Å²) in [6.45, 7) is 8.26. The predicted molar refractivity (Wildman–Crippen MR) is 233 cm³/mol. The van der Waals surface area contributed by atoms with Gasteiger partial charge in [-0.15, -0.1) is 11.8 Å². The maximum Gasteiger partial charge on any atom is 0.331 e. The van der Waals surface area contributed by atoms with Crippen LogP contribution in [0.25, 0.3) is 0 Å². The van der Waals surface area contributed by atoms with Gasteiger partial charge in [0.05, 0.1) is 0 Å². The number of carbonyl (C=O) groups excluding carboxylic acids is 3. The van der Waals surface area contributed by atoms with Crippen molar-refractivity contribution >= 4 is 40.3 Å². The van der Waals surface area contributed by atoms with Crippen molar-refractivity contribution in [3.63, 3.8) is 0 Å². The van der Waals surface area contributed by atoms with Gasteiger partial charge in [-0.25, -0.2) is 4.79 Å². The number of ether oxygens (including phenoxy) is 4. The van der Waals surface area contributed by atoms with Crippen molar-refractivity contribution in [2.45, 2.75) is 106 Å². The molecule has 314 valence electrons. The van der Waals surface area contributed by atoms with E-state index in [0.717, 1.165) is 41.2 Å². The van der Waals surface area contributed by atoms with Crippen molar-refractivity contribution in [1.29, 1.82) is 0 Å². The third-order valence-electron chi connectivity index (χ3n) is 10.6. The molecule has 2 amide bonds. The Morgan fingerprint density at radius 2 is 1.47 bits per heavy atom. The Morgan fingerprint density at radius 1 is 0.864 bits per heavy atom. The lowest BCUT2D eigenvalue weighted by Crippen LogP contribution is -2.71. The molecule has 0 saturated carbocycles. The van der Waals surface area contributed by atoms with Crippen LogP contribution in [0.1, 0.15) is 89.0 Å². The molecule has 7 rings (SSSR count). The largest absolute Gasteiger partial charge is 0.484 e. The number of thioether (sulfide) groups is 1. The number of hydrogen-bond donors (Lipinski definition) is 1. The van der Waals surface area contributed by atoms with Gasteiger partial charge < -0.3 is 29.2 Å². The van der Waals surface area contributed by atoms with E-state index in [-0.39, 0.29) is 29.0 Å². The first-order valence-corrected chi connectivity index (χ1v) is 22.8. The summed E-state index contributed by atoms with van der Waals surface area (Å²) >= 11 is 1.49. The number of esters is 1. The Morgan fingerprint density at radius 3 is 2.14 bits per heavy atom. The highest BCUT2D eigenvalue weighted by Gasteiger charge is 2.64. The van der Waals surface area contributed by atoms with Crippen LogP contribution in [0.4, 0.5) is 0 Å². The number of nitrogens with zero attached hydrogens (tertiary/aromatic N) is 1. The van der Waals surface area contributed by atoms with Crippen LogP contribution in [0, 0.1) is 0 Å². The zero-order valence-electron chi connectivity index (χ0n) is 34.4. The maximum atomic E-state index is 13.6. The fraction of sp³-hybridized carbons (Fsp3) is 0.426. The van der Waals surface area contributed by atoms with E-state index in [4.69, 9.17) is 18.9 Å². The van der Waals surface area contributed by atoms with Gasteiger partial charge in [0.2, 0.25) is 12.7 Å². The lowest BCUT2D eigenvalue weighted by molar-refractivity contribution is -0.166. The summed E-state index contributed by atoms with van der Waals surface area (Å²) in [5.41, 5.74) is 2.87. The summed E-state index contributed by atoms with van der Waals surface area (Å²) < 4.78 is 34.0. The third kappa shape index (κ3) is 11.5. The number of fused-ring (bicyclic) bond motifs is 2. The highest BCUT2D eigenvalue weighted by Crippen LogP contribution is 2.51. The van der Waals surface area contributed by atoms with Gasteiger partial charge in [-0.1, -0.05) is 131 Å². The minimum atomic E-state index is -0.779. The minimum absolute atomic E-state index is 0.191. The summed E-state index contributed by atoms with van der Waals surface area (Å²) in [7, 11) is -0.743. The molecule has 0 radical (unpaired) electrons. The van der Waals surface area contributed by atoms with E-state index >= 15 is 0 Å². The predicted octanol–water partition coefficient (Wildman–Crippen LogP) is 8.40. The number of benzene rings is 4. The van der Waals surface area contributed by atoms with Crippen LogP contribution in [-0.4, -0.2) is 73.5 Å². The van der Waals surface area contributed by atoms with Crippen LogP contribution in [-0.2, 0) is 36.3 Å². The molecule has 3 heterocycles. The molecule has 3 unspecified atom stereocenters. The van der Waals surface area contributed by atoms with E-state index in [0.29, 0.717) is 12.5 Å². The molecule has 3 aliphatic heterocycles. The second-order valence-electron chi connectivity index (χ2n) is 15.6. The highest BCUT2D eigenvalue weighted by molar-refractivity contribution is 8.01. The standard InChI is InChI=1S/C29H28N2O5S.C18H28O3S/c1-29(2)25(28(34)36-24(19-12-6-3-7-13-19)20-14-8-4-9-15-20)31-26(33)23(27(31)37-29)30-22(32)18-35-21-16-10-5-11-17-21;1-3-4-5-6-7-8-11-22(19)15(2)12-16-9-10-17-18(13-16)21-14-20-17/h3-17,23-25,27H,18H2,1-2H3,(H,30,32);9-10,13,15H,3-8,11-12,14H2,1-2H3/t23?,25-,27+;/m0./s1. The lowest BCUT2D eigenvalue weighted by Gasteiger charge is -2.44. The zero-order valence-corrected chi connectivity index (χ0v) is 36.0. The van der Waals surface area contributed by atoms with Crippen LogP contribution in [0.3, 0.4) is 0 Å². The minimum Gasteiger partial charge on any atom is -0.484 e. The van der Waals surface area contributed by atoms with Crippen molar-refractivity contribution in [1.82, 2.24) is 10.2 Å². The molecular weight excluding hydrogens is 785 g/mol. The number of hydrogen-bond acceptors (Lipinski definition) is 9.